The molecule has 2 aromatic carbocycles. The number of carbonyl (C=O) groups is 1. The van der Waals surface area contributed by atoms with Crippen LogP contribution in [0.4, 0.5) is 0 Å². The van der Waals surface area contributed by atoms with Crippen LogP contribution in [0.15, 0.2) is 71.8 Å². The maximum Gasteiger partial charge on any atom is 0.268 e. The van der Waals surface area contributed by atoms with Crippen molar-refractivity contribution in [2.45, 2.75) is 11.8 Å². The van der Waals surface area contributed by atoms with Gasteiger partial charge in [0.1, 0.15) is 5.69 Å². The highest BCUT2D eigenvalue weighted by Crippen LogP contribution is 2.25. The van der Waals surface area contributed by atoms with Gasteiger partial charge in [0, 0.05) is 11.8 Å². The third-order valence-corrected chi connectivity index (χ3v) is 5.63. The second-order valence-electron chi connectivity index (χ2n) is 5.32. The summed E-state index contributed by atoms with van der Waals surface area (Å²) >= 11 is 6.11. The van der Waals surface area contributed by atoms with Crippen molar-refractivity contribution in [3.05, 3.63) is 88.7 Å². The van der Waals surface area contributed by atoms with Crippen molar-refractivity contribution in [1.29, 1.82) is 0 Å². The lowest BCUT2D eigenvalue weighted by Gasteiger charge is -2.10. The number of aryl methyl sites for hydroxylation is 1. The van der Waals surface area contributed by atoms with Crippen LogP contribution < -0.4 is 0 Å². The monoisotopic (exact) mass is 359 g/mol. The number of carbonyl (C=O) groups excluding carboxylic acids is 1. The van der Waals surface area contributed by atoms with Crippen LogP contribution in [-0.4, -0.2) is 18.2 Å². The molecule has 0 saturated heterocycles. The van der Waals surface area contributed by atoms with E-state index in [1.807, 2.05) is 6.92 Å². The minimum atomic E-state index is -3.90. The number of hydrogen-bond acceptors (Lipinski definition) is 3. The van der Waals surface area contributed by atoms with Crippen molar-refractivity contribution in [3.63, 3.8) is 0 Å². The van der Waals surface area contributed by atoms with Gasteiger partial charge >= 0.3 is 0 Å². The fourth-order valence-electron chi connectivity index (χ4n) is 2.35. The van der Waals surface area contributed by atoms with Crippen molar-refractivity contribution in [2.75, 3.05) is 0 Å². The molecule has 6 heteroatoms. The first-order chi connectivity index (χ1) is 11.4. The highest BCUT2D eigenvalue weighted by Gasteiger charge is 2.26. The number of nitrogens with zero attached hydrogens (tertiary/aromatic N) is 1. The Morgan fingerprint density at radius 1 is 0.958 bits per heavy atom. The van der Waals surface area contributed by atoms with E-state index in [9.17, 15) is 13.2 Å². The molecule has 0 aliphatic rings. The minimum Gasteiger partial charge on any atom is -0.287 e. The van der Waals surface area contributed by atoms with E-state index in [2.05, 4.69) is 0 Å². The maximum absolute atomic E-state index is 12.8. The summed E-state index contributed by atoms with van der Waals surface area (Å²) in [4.78, 5) is 12.9. The van der Waals surface area contributed by atoms with E-state index < -0.39 is 15.8 Å². The summed E-state index contributed by atoms with van der Waals surface area (Å²) in [7, 11) is -3.90. The molecule has 0 spiro atoms. The first-order valence-electron chi connectivity index (χ1n) is 7.20. The average Bonchev–Trinajstić information content (AvgIpc) is 2.98. The van der Waals surface area contributed by atoms with Gasteiger partial charge in [0.2, 0.25) is 5.78 Å². The molecule has 0 radical (unpaired) electrons. The first kappa shape index (κ1) is 16.5. The van der Waals surface area contributed by atoms with Gasteiger partial charge in [-0.05, 0) is 25.1 Å². The van der Waals surface area contributed by atoms with Crippen molar-refractivity contribution < 1.29 is 13.2 Å². The molecule has 0 amide bonds. The second kappa shape index (κ2) is 6.26. The summed E-state index contributed by atoms with van der Waals surface area (Å²) in [6.07, 6.45) is 1.30. The van der Waals surface area contributed by atoms with Crippen LogP contribution in [0.1, 0.15) is 21.6 Å². The van der Waals surface area contributed by atoms with Gasteiger partial charge in [-0.1, -0.05) is 59.6 Å². The molecular weight excluding hydrogens is 346 g/mol. The lowest BCUT2D eigenvalue weighted by molar-refractivity contribution is 0.103. The van der Waals surface area contributed by atoms with Gasteiger partial charge in [-0.15, -0.1) is 0 Å². The Morgan fingerprint density at radius 2 is 1.58 bits per heavy atom. The fraction of sp³-hybridized carbons (Fsp3) is 0.0556. The molecule has 122 valence electrons. The second-order valence-corrected chi connectivity index (χ2v) is 7.54. The van der Waals surface area contributed by atoms with Gasteiger partial charge in [0.25, 0.3) is 10.0 Å². The van der Waals surface area contributed by atoms with Crippen LogP contribution in [0.25, 0.3) is 0 Å². The first-order valence-corrected chi connectivity index (χ1v) is 9.02. The molecule has 0 N–H and O–H groups in total. The zero-order chi connectivity index (χ0) is 17.3. The average molecular weight is 360 g/mol. The zero-order valence-electron chi connectivity index (χ0n) is 12.8. The number of ketones is 1. The van der Waals surface area contributed by atoms with Gasteiger partial charge < -0.3 is 0 Å². The topological polar surface area (TPSA) is 56.1 Å². The van der Waals surface area contributed by atoms with Crippen LogP contribution >= 0.6 is 11.6 Å². The normalized spacial score (nSPS) is 11.4. The molecule has 0 saturated carbocycles. The van der Waals surface area contributed by atoms with E-state index in [0.29, 0.717) is 5.56 Å². The van der Waals surface area contributed by atoms with Gasteiger partial charge in [-0.2, -0.15) is 0 Å². The highest BCUT2D eigenvalue weighted by molar-refractivity contribution is 7.90. The summed E-state index contributed by atoms with van der Waals surface area (Å²) in [5, 5.41) is 0.0973. The van der Waals surface area contributed by atoms with E-state index >= 15 is 0 Å². The Hall–Kier alpha value is -2.37. The molecule has 0 aliphatic heterocycles. The van der Waals surface area contributed by atoms with Crippen LogP contribution in [0.3, 0.4) is 0 Å². The Kier molecular flexibility index (Phi) is 4.30. The number of hydrogen-bond donors (Lipinski definition) is 0. The summed E-state index contributed by atoms with van der Waals surface area (Å²) in [6, 6.07) is 16.2. The number of rotatable bonds is 4. The molecule has 1 aromatic heterocycles. The number of benzene rings is 2. The van der Waals surface area contributed by atoms with E-state index in [-0.39, 0.29) is 15.6 Å². The van der Waals surface area contributed by atoms with Crippen LogP contribution in [0, 0.1) is 6.92 Å². The van der Waals surface area contributed by atoms with E-state index in [1.54, 1.807) is 42.5 Å². The Bertz CT molecular complexity index is 991. The molecule has 0 fully saturated rings. The van der Waals surface area contributed by atoms with Gasteiger partial charge in [0.15, 0.2) is 0 Å². The highest BCUT2D eigenvalue weighted by atomic mass is 35.5. The van der Waals surface area contributed by atoms with Crippen molar-refractivity contribution >= 4 is 27.4 Å². The molecule has 4 nitrogen and oxygen atoms in total. The molecule has 0 bridgehead atoms. The number of aromatic nitrogens is 1. The summed E-state index contributed by atoms with van der Waals surface area (Å²) < 4.78 is 26.6. The van der Waals surface area contributed by atoms with E-state index in [0.717, 1.165) is 9.54 Å². The van der Waals surface area contributed by atoms with Crippen LogP contribution in [0.2, 0.25) is 5.02 Å². The minimum absolute atomic E-state index is 0.0654. The van der Waals surface area contributed by atoms with E-state index in [1.165, 1.54) is 24.4 Å². The smallest absolute Gasteiger partial charge is 0.268 e. The summed E-state index contributed by atoms with van der Waals surface area (Å²) in [5.74, 6) is -0.440. The molecule has 0 atom stereocenters. The molecule has 0 unspecified atom stereocenters. The number of halogens is 1. The van der Waals surface area contributed by atoms with Gasteiger partial charge in [-0.3, -0.25) is 4.79 Å². The van der Waals surface area contributed by atoms with Gasteiger partial charge in [0.05, 0.1) is 9.92 Å². The molecule has 24 heavy (non-hydrogen) atoms. The van der Waals surface area contributed by atoms with Crippen LogP contribution in [0.5, 0.6) is 0 Å². The molecule has 3 aromatic rings. The predicted molar refractivity (Wildman–Crippen MR) is 93.1 cm³/mol. The largest absolute Gasteiger partial charge is 0.287 e. The summed E-state index contributed by atoms with van der Waals surface area (Å²) in [5.41, 5.74) is 1.32. The molecular formula is C18H14ClNO3S. The van der Waals surface area contributed by atoms with Crippen LogP contribution in [-0.2, 0) is 10.0 Å². The SMILES string of the molecule is Cc1ccc(C(=O)c2c(Cl)ccn2S(=O)(=O)c2ccccc2)cc1. The van der Waals surface area contributed by atoms with Crippen molar-refractivity contribution in [2.24, 2.45) is 0 Å². The fourth-order valence-corrected chi connectivity index (χ4v) is 4.00. The Balaban J connectivity index is 2.13. The third kappa shape index (κ3) is 2.88. The van der Waals surface area contributed by atoms with E-state index in [4.69, 9.17) is 11.6 Å². The molecule has 3 rings (SSSR count). The zero-order valence-corrected chi connectivity index (χ0v) is 14.4. The summed E-state index contributed by atoms with van der Waals surface area (Å²) in [6.45, 7) is 1.91. The molecule has 0 aliphatic carbocycles. The standard InChI is InChI=1S/C18H14ClNO3S/c1-13-7-9-14(10-8-13)18(21)17-16(19)11-12-20(17)24(22,23)15-5-3-2-4-6-15/h2-12H,1H3. The predicted octanol–water partition coefficient (Wildman–Crippen LogP) is 3.92. The maximum atomic E-state index is 12.8. The van der Waals surface area contributed by atoms with Gasteiger partial charge in [-0.25, -0.2) is 12.4 Å². The lowest BCUT2D eigenvalue weighted by atomic mass is 10.1. The van der Waals surface area contributed by atoms with Crippen molar-refractivity contribution in [3.8, 4) is 0 Å². The molecule has 1 heterocycles. The quantitative estimate of drug-likeness (QED) is 0.663. The Morgan fingerprint density at radius 3 is 2.21 bits per heavy atom. The third-order valence-electron chi connectivity index (χ3n) is 3.63. The Labute approximate surface area is 145 Å². The van der Waals surface area contributed by atoms with Crippen molar-refractivity contribution in [1.82, 2.24) is 3.97 Å². The lowest BCUT2D eigenvalue weighted by Crippen LogP contribution is -2.18.